The zero-order valence-corrected chi connectivity index (χ0v) is 10.1. The standard InChI is InChI=1S/C10H21NO2.ClH/c1-8(2)9(3)6-4-5-7-10(12)13-11;/h8-9H,4-7,11H2,1-3H3;1H. The van der Waals surface area contributed by atoms with Gasteiger partial charge in [-0.2, -0.15) is 5.90 Å². The lowest BCUT2D eigenvalue weighted by Crippen LogP contribution is -2.09. The van der Waals surface area contributed by atoms with E-state index in [1.54, 1.807) is 0 Å². The smallest absolute Gasteiger partial charge is 0.324 e. The number of hydrogen-bond donors (Lipinski definition) is 1. The molecule has 0 fully saturated rings. The first kappa shape index (κ1) is 16.2. The third-order valence-electron chi connectivity index (χ3n) is 2.56. The van der Waals surface area contributed by atoms with Gasteiger partial charge in [-0.25, -0.2) is 0 Å². The van der Waals surface area contributed by atoms with E-state index in [9.17, 15) is 4.79 Å². The first-order chi connectivity index (χ1) is 6.07. The van der Waals surface area contributed by atoms with Crippen molar-refractivity contribution >= 4 is 18.4 Å². The van der Waals surface area contributed by atoms with Gasteiger partial charge in [-0.05, 0) is 18.3 Å². The van der Waals surface area contributed by atoms with E-state index in [1.165, 1.54) is 6.42 Å². The van der Waals surface area contributed by atoms with Crippen LogP contribution in [-0.4, -0.2) is 5.97 Å². The molecular weight excluding hydrogens is 202 g/mol. The summed E-state index contributed by atoms with van der Waals surface area (Å²) in [5.74, 6) is 5.86. The zero-order valence-electron chi connectivity index (χ0n) is 9.29. The molecule has 1 atom stereocenters. The van der Waals surface area contributed by atoms with Crippen LogP contribution in [0.3, 0.4) is 0 Å². The minimum Gasteiger partial charge on any atom is -0.373 e. The van der Waals surface area contributed by atoms with Gasteiger partial charge in [-0.1, -0.05) is 33.6 Å². The third-order valence-corrected chi connectivity index (χ3v) is 2.56. The number of hydrogen-bond acceptors (Lipinski definition) is 3. The molecule has 0 aromatic heterocycles. The van der Waals surface area contributed by atoms with E-state index >= 15 is 0 Å². The van der Waals surface area contributed by atoms with Crippen LogP contribution in [0.2, 0.25) is 0 Å². The number of nitrogens with two attached hydrogens (primary N) is 1. The van der Waals surface area contributed by atoms with Gasteiger partial charge in [0.2, 0.25) is 0 Å². The Morgan fingerprint density at radius 1 is 1.29 bits per heavy atom. The van der Waals surface area contributed by atoms with Crippen LogP contribution >= 0.6 is 12.4 Å². The van der Waals surface area contributed by atoms with E-state index in [1.807, 2.05) is 0 Å². The molecule has 0 radical (unpaired) electrons. The normalized spacial score (nSPS) is 12.1. The highest BCUT2D eigenvalue weighted by atomic mass is 35.5. The van der Waals surface area contributed by atoms with E-state index in [0.29, 0.717) is 6.42 Å². The van der Waals surface area contributed by atoms with Gasteiger partial charge in [0.1, 0.15) is 0 Å². The second kappa shape index (κ2) is 9.28. The Morgan fingerprint density at radius 2 is 1.86 bits per heavy atom. The molecule has 0 amide bonds. The lowest BCUT2D eigenvalue weighted by molar-refractivity contribution is -0.144. The molecule has 0 aliphatic heterocycles. The summed E-state index contributed by atoms with van der Waals surface area (Å²) >= 11 is 0. The van der Waals surface area contributed by atoms with Gasteiger partial charge >= 0.3 is 5.97 Å². The quantitative estimate of drug-likeness (QED) is 0.557. The molecule has 1 unspecified atom stereocenters. The molecule has 0 aromatic rings. The van der Waals surface area contributed by atoms with Crippen molar-refractivity contribution in [1.82, 2.24) is 0 Å². The van der Waals surface area contributed by atoms with E-state index in [-0.39, 0.29) is 18.4 Å². The van der Waals surface area contributed by atoms with Crippen LogP contribution in [0.4, 0.5) is 0 Å². The molecule has 0 saturated heterocycles. The monoisotopic (exact) mass is 223 g/mol. The first-order valence-corrected chi connectivity index (χ1v) is 4.97. The summed E-state index contributed by atoms with van der Waals surface area (Å²) in [6.07, 6.45) is 3.58. The second-order valence-electron chi connectivity index (χ2n) is 3.96. The van der Waals surface area contributed by atoms with E-state index in [4.69, 9.17) is 5.90 Å². The highest BCUT2D eigenvalue weighted by Crippen LogP contribution is 2.17. The molecule has 0 aromatic carbocycles. The van der Waals surface area contributed by atoms with E-state index in [2.05, 4.69) is 25.6 Å². The van der Waals surface area contributed by atoms with Crippen LogP contribution in [0.15, 0.2) is 0 Å². The maximum absolute atomic E-state index is 10.6. The average Bonchev–Trinajstić information content (AvgIpc) is 2.11. The summed E-state index contributed by atoms with van der Waals surface area (Å²) in [7, 11) is 0. The molecule has 0 aliphatic rings. The number of rotatable bonds is 6. The van der Waals surface area contributed by atoms with Crippen molar-refractivity contribution in [3.05, 3.63) is 0 Å². The number of halogens is 1. The number of carbonyl (C=O) groups excluding carboxylic acids is 1. The Balaban J connectivity index is 0. The maximum atomic E-state index is 10.6. The van der Waals surface area contributed by atoms with Crippen molar-refractivity contribution in [3.63, 3.8) is 0 Å². The zero-order chi connectivity index (χ0) is 10.3. The summed E-state index contributed by atoms with van der Waals surface area (Å²) in [5, 5.41) is 0. The molecule has 0 saturated carbocycles. The Kier molecular flexibility index (Phi) is 10.7. The number of unbranched alkanes of at least 4 members (excludes halogenated alkanes) is 1. The van der Waals surface area contributed by atoms with Gasteiger partial charge in [0.15, 0.2) is 0 Å². The Morgan fingerprint density at radius 3 is 2.29 bits per heavy atom. The van der Waals surface area contributed by atoms with Crippen molar-refractivity contribution < 1.29 is 9.63 Å². The van der Waals surface area contributed by atoms with Gasteiger partial charge in [-0.15, -0.1) is 12.4 Å². The fourth-order valence-electron chi connectivity index (χ4n) is 1.13. The largest absolute Gasteiger partial charge is 0.373 e. The third kappa shape index (κ3) is 8.32. The van der Waals surface area contributed by atoms with Gasteiger partial charge in [-0.3, -0.25) is 4.79 Å². The highest BCUT2D eigenvalue weighted by Gasteiger charge is 2.07. The van der Waals surface area contributed by atoms with Crippen LogP contribution in [0.5, 0.6) is 0 Å². The first-order valence-electron chi connectivity index (χ1n) is 4.97. The Bertz CT molecular complexity index is 151. The van der Waals surface area contributed by atoms with Crippen molar-refractivity contribution in [2.45, 2.75) is 46.5 Å². The van der Waals surface area contributed by atoms with Crippen molar-refractivity contribution in [2.75, 3.05) is 0 Å². The highest BCUT2D eigenvalue weighted by molar-refractivity contribution is 5.85. The van der Waals surface area contributed by atoms with Crippen LogP contribution in [0, 0.1) is 11.8 Å². The van der Waals surface area contributed by atoms with Crippen LogP contribution in [0.25, 0.3) is 0 Å². The van der Waals surface area contributed by atoms with Crippen LogP contribution < -0.4 is 5.90 Å². The van der Waals surface area contributed by atoms with Gasteiger partial charge in [0.05, 0.1) is 0 Å². The fraction of sp³-hybridized carbons (Fsp3) is 0.900. The van der Waals surface area contributed by atoms with Crippen molar-refractivity contribution in [1.29, 1.82) is 0 Å². The maximum Gasteiger partial charge on any atom is 0.324 e. The molecule has 0 bridgehead atoms. The fourth-order valence-corrected chi connectivity index (χ4v) is 1.13. The summed E-state index contributed by atoms with van der Waals surface area (Å²) in [4.78, 5) is 14.7. The van der Waals surface area contributed by atoms with E-state index < -0.39 is 0 Å². The SMILES string of the molecule is CC(C)C(C)CCCCC(=O)ON.Cl. The summed E-state index contributed by atoms with van der Waals surface area (Å²) in [6, 6.07) is 0. The molecule has 0 rings (SSSR count). The number of carbonyl (C=O) groups is 1. The van der Waals surface area contributed by atoms with E-state index in [0.717, 1.165) is 24.7 Å². The molecule has 3 nitrogen and oxygen atoms in total. The minimum absolute atomic E-state index is 0. The topological polar surface area (TPSA) is 52.3 Å². The lowest BCUT2D eigenvalue weighted by atomic mass is 9.92. The molecule has 4 heteroatoms. The summed E-state index contributed by atoms with van der Waals surface area (Å²) in [6.45, 7) is 6.68. The average molecular weight is 224 g/mol. The molecule has 0 spiro atoms. The molecular formula is C10H22ClNO2. The Labute approximate surface area is 92.7 Å². The van der Waals surface area contributed by atoms with Crippen LogP contribution in [-0.2, 0) is 9.63 Å². The van der Waals surface area contributed by atoms with Gasteiger partial charge in [0, 0.05) is 6.42 Å². The summed E-state index contributed by atoms with van der Waals surface area (Å²) < 4.78 is 0. The van der Waals surface area contributed by atoms with Crippen LogP contribution in [0.1, 0.15) is 46.5 Å². The minimum atomic E-state index is -0.308. The second-order valence-corrected chi connectivity index (χ2v) is 3.96. The molecule has 14 heavy (non-hydrogen) atoms. The molecule has 86 valence electrons. The van der Waals surface area contributed by atoms with Crippen molar-refractivity contribution in [3.8, 4) is 0 Å². The molecule has 0 heterocycles. The molecule has 2 N–H and O–H groups in total. The molecule has 0 aliphatic carbocycles. The predicted molar refractivity (Wildman–Crippen MR) is 60.0 cm³/mol. The van der Waals surface area contributed by atoms with Crippen molar-refractivity contribution in [2.24, 2.45) is 17.7 Å². The van der Waals surface area contributed by atoms with Gasteiger partial charge in [0.25, 0.3) is 0 Å². The predicted octanol–water partition coefficient (Wildman–Crippen LogP) is 2.68. The lowest BCUT2D eigenvalue weighted by Gasteiger charge is -2.14. The van der Waals surface area contributed by atoms with Gasteiger partial charge < -0.3 is 4.84 Å². The Hall–Kier alpha value is -0.280. The summed E-state index contributed by atoms with van der Waals surface area (Å²) in [5.41, 5.74) is 0.